The van der Waals surface area contributed by atoms with Crippen LogP contribution in [0.4, 0.5) is 5.13 Å². The highest BCUT2D eigenvalue weighted by molar-refractivity contribution is 7.29. The van der Waals surface area contributed by atoms with Crippen LogP contribution in [0.15, 0.2) is 59.2 Å². The van der Waals surface area contributed by atoms with E-state index >= 15 is 0 Å². The number of hydrogen-bond acceptors (Lipinski definition) is 8. The Morgan fingerprint density at radius 2 is 1.78 bits per heavy atom. The number of aromatic nitrogens is 2. The third-order valence-electron chi connectivity index (χ3n) is 4.71. The predicted molar refractivity (Wildman–Crippen MR) is 126 cm³/mol. The van der Waals surface area contributed by atoms with Crippen molar-refractivity contribution in [1.82, 2.24) is 20.8 Å². The van der Waals surface area contributed by atoms with Gasteiger partial charge in [-0.05, 0) is 30.3 Å². The second-order valence-corrected chi connectivity index (χ2v) is 9.17. The van der Waals surface area contributed by atoms with Crippen LogP contribution in [0.25, 0.3) is 31.9 Å². The number of hydrogen-bond donors (Lipinski definition) is 2. The number of pyridine rings is 1. The summed E-state index contributed by atoms with van der Waals surface area (Å²) >= 11 is 2.79. The Labute approximate surface area is 190 Å². The molecule has 1 aromatic carbocycles. The third-order valence-corrected chi connectivity index (χ3v) is 7.04. The lowest BCUT2D eigenvalue weighted by molar-refractivity contribution is 0.0850. The second kappa shape index (κ2) is 8.06. The molecule has 0 fully saturated rings. The van der Waals surface area contributed by atoms with Gasteiger partial charge in [-0.1, -0.05) is 29.5 Å². The number of para-hydroxylation sites is 1. The molecule has 0 atom stereocenters. The Morgan fingerprint density at radius 3 is 2.53 bits per heavy atom. The van der Waals surface area contributed by atoms with Crippen molar-refractivity contribution in [2.75, 3.05) is 19.0 Å². The Balaban J connectivity index is 1.38. The third kappa shape index (κ3) is 3.70. The molecule has 0 unspecified atom stereocenters. The molecule has 10 heteroatoms. The zero-order valence-corrected chi connectivity index (χ0v) is 18.7. The van der Waals surface area contributed by atoms with Gasteiger partial charge in [0.15, 0.2) is 10.9 Å². The maximum absolute atomic E-state index is 13.0. The molecule has 0 aliphatic carbocycles. The summed E-state index contributed by atoms with van der Waals surface area (Å²) in [5.74, 6) is -0.294. The fourth-order valence-electron chi connectivity index (χ4n) is 3.18. The molecule has 4 aromatic heterocycles. The minimum Gasteiger partial charge on any atom is -0.463 e. The first-order chi connectivity index (χ1) is 15.5. The van der Waals surface area contributed by atoms with Gasteiger partial charge >= 0.3 is 0 Å². The van der Waals surface area contributed by atoms with Gasteiger partial charge in [0.25, 0.3) is 11.8 Å². The van der Waals surface area contributed by atoms with Crippen molar-refractivity contribution in [2.45, 2.75) is 0 Å². The van der Waals surface area contributed by atoms with Gasteiger partial charge in [0, 0.05) is 19.5 Å². The van der Waals surface area contributed by atoms with Crippen LogP contribution in [0.3, 0.4) is 0 Å². The highest BCUT2D eigenvalue weighted by Gasteiger charge is 2.18. The van der Waals surface area contributed by atoms with Crippen LogP contribution in [0, 0.1) is 0 Å². The first-order valence-corrected chi connectivity index (χ1v) is 11.2. The lowest BCUT2D eigenvalue weighted by Gasteiger charge is -2.10. The van der Waals surface area contributed by atoms with Crippen molar-refractivity contribution in [3.05, 3.63) is 65.2 Å². The summed E-state index contributed by atoms with van der Waals surface area (Å²) in [5.41, 5.74) is 6.58. The minimum atomic E-state index is -0.448. The zero-order valence-electron chi connectivity index (χ0n) is 17.1. The van der Waals surface area contributed by atoms with Gasteiger partial charge < -0.3 is 9.32 Å². The lowest BCUT2D eigenvalue weighted by atomic mass is 10.1. The summed E-state index contributed by atoms with van der Waals surface area (Å²) in [7, 11) is 3.84. The minimum absolute atomic E-state index is 0.381. The molecule has 2 amide bonds. The molecule has 5 rings (SSSR count). The van der Waals surface area contributed by atoms with E-state index in [9.17, 15) is 9.59 Å². The first-order valence-electron chi connectivity index (χ1n) is 9.61. The number of furan rings is 1. The average molecular weight is 464 g/mol. The number of benzene rings is 1. The van der Waals surface area contributed by atoms with E-state index in [1.54, 1.807) is 30.5 Å². The largest absolute Gasteiger partial charge is 0.463 e. The van der Waals surface area contributed by atoms with Crippen LogP contribution < -0.4 is 15.8 Å². The Hall–Kier alpha value is -3.76. The van der Waals surface area contributed by atoms with Crippen LogP contribution in [-0.2, 0) is 0 Å². The number of hydrazine groups is 1. The first kappa shape index (κ1) is 20.2. The van der Waals surface area contributed by atoms with Crippen molar-refractivity contribution in [3.8, 4) is 11.5 Å². The fourth-order valence-corrected chi connectivity index (χ4v) is 5.21. The molecule has 0 spiro atoms. The number of fused-ring (bicyclic) bond motifs is 2. The standard InChI is InChI=1S/C22H17N5O3S2/c1-27(2)22-24-21-18(32-22)11-17(31-21)20(29)26-25-19(28)13-10-15(16-8-5-9-30-16)23-14-7-4-3-6-12(13)14/h3-11H,1-2H3,(H,25,28)(H,26,29). The van der Waals surface area contributed by atoms with E-state index in [0.717, 1.165) is 14.7 Å². The van der Waals surface area contributed by atoms with Gasteiger partial charge in [-0.2, -0.15) is 0 Å². The molecule has 32 heavy (non-hydrogen) atoms. The highest BCUT2D eigenvalue weighted by Crippen LogP contribution is 2.33. The van der Waals surface area contributed by atoms with Crippen LogP contribution in [0.2, 0.25) is 0 Å². The van der Waals surface area contributed by atoms with E-state index in [-0.39, 0.29) is 0 Å². The SMILES string of the molecule is CN(C)c1nc2sc(C(=O)NNC(=O)c3cc(-c4ccco4)nc4ccccc34)cc2s1. The van der Waals surface area contributed by atoms with Gasteiger partial charge in [0.2, 0.25) is 0 Å². The molecule has 2 N–H and O–H groups in total. The van der Waals surface area contributed by atoms with Crippen LogP contribution in [-0.4, -0.2) is 35.9 Å². The van der Waals surface area contributed by atoms with Crippen molar-refractivity contribution in [1.29, 1.82) is 0 Å². The van der Waals surface area contributed by atoms with Gasteiger partial charge in [-0.25, -0.2) is 9.97 Å². The van der Waals surface area contributed by atoms with Crippen molar-refractivity contribution >= 4 is 60.1 Å². The highest BCUT2D eigenvalue weighted by atomic mass is 32.1. The molecule has 0 saturated carbocycles. The van der Waals surface area contributed by atoms with Crippen molar-refractivity contribution in [3.63, 3.8) is 0 Å². The number of rotatable bonds is 4. The summed E-state index contributed by atoms with van der Waals surface area (Å²) in [6, 6.07) is 14.3. The molecule has 0 aliphatic heterocycles. The van der Waals surface area contributed by atoms with Gasteiger partial charge in [-0.3, -0.25) is 20.4 Å². The smallest absolute Gasteiger partial charge is 0.279 e. The maximum Gasteiger partial charge on any atom is 0.279 e. The van der Waals surface area contributed by atoms with Crippen molar-refractivity contribution < 1.29 is 14.0 Å². The van der Waals surface area contributed by atoms with E-state index in [4.69, 9.17) is 4.42 Å². The molecule has 0 aliphatic rings. The number of carbonyl (C=O) groups excluding carboxylic acids is 2. The Bertz CT molecular complexity index is 1420. The number of amides is 2. The summed E-state index contributed by atoms with van der Waals surface area (Å²) in [6.07, 6.45) is 1.55. The normalized spacial score (nSPS) is 11.1. The topological polar surface area (TPSA) is 100 Å². The molecule has 8 nitrogen and oxygen atoms in total. The molecule has 0 bridgehead atoms. The average Bonchev–Trinajstić information content (AvgIpc) is 3.53. The molecule has 4 heterocycles. The summed E-state index contributed by atoms with van der Waals surface area (Å²) < 4.78 is 6.36. The number of thiazole rings is 1. The van der Waals surface area contributed by atoms with E-state index in [0.29, 0.717) is 32.8 Å². The number of carbonyl (C=O) groups is 2. The number of nitrogens with one attached hydrogen (secondary N) is 2. The molecule has 5 aromatic rings. The Kier molecular flexibility index (Phi) is 5.08. The molecule has 160 valence electrons. The fraction of sp³-hybridized carbons (Fsp3) is 0.0909. The number of thiophene rings is 1. The zero-order chi connectivity index (χ0) is 22.2. The maximum atomic E-state index is 13.0. The second-order valence-electron chi connectivity index (χ2n) is 7.13. The van der Waals surface area contributed by atoms with Gasteiger partial charge in [0.05, 0.1) is 26.9 Å². The summed E-state index contributed by atoms with van der Waals surface area (Å²) in [5, 5.41) is 1.55. The number of anilines is 1. The van der Waals surface area contributed by atoms with E-state index in [1.165, 1.54) is 22.7 Å². The van der Waals surface area contributed by atoms with Crippen LogP contribution in [0.5, 0.6) is 0 Å². The molecule has 0 saturated heterocycles. The summed E-state index contributed by atoms with van der Waals surface area (Å²) in [6.45, 7) is 0. The predicted octanol–water partition coefficient (Wildman–Crippen LogP) is 4.31. The van der Waals surface area contributed by atoms with Crippen LogP contribution >= 0.6 is 22.7 Å². The molecular formula is C22H17N5O3S2. The molecule has 0 radical (unpaired) electrons. The van der Waals surface area contributed by atoms with E-state index in [1.807, 2.05) is 43.3 Å². The van der Waals surface area contributed by atoms with E-state index in [2.05, 4.69) is 20.8 Å². The summed E-state index contributed by atoms with van der Waals surface area (Å²) in [4.78, 5) is 37.8. The number of nitrogens with zero attached hydrogens (tertiary/aromatic N) is 3. The van der Waals surface area contributed by atoms with Gasteiger partial charge in [-0.15, -0.1) is 11.3 Å². The lowest BCUT2D eigenvalue weighted by Crippen LogP contribution is -2.41. The van der Waals surface area contributed by atoms with E-state index < -0.39 is 11.8 Å². The molecular weight excluding hydrogens is 446 g/mol. The van der Waals surface area contributed by atoms with Crippen LogP contribution in [0.1, 0.15) is 20.0 Å². The Morgan fingerprint density at radius 1 is 0.969 bits per heavy atom. The monoisotopic (exact) mass is 463 g/mol. The van der Waals surface area contributed by atoms with Gasteiger partial charge in [0.1, 0.15) is 10.5 Å². The van der Waals surface area contributed by atoms with Crippen molar-refractivity contribution in [2.24, 2.45) is 0 Å². The quantitative estimate of drug-likeness (QED) is 0.385.